The Morgan fingerprint density at radius 2 is 1.75 bits per heavy atom. The largest absolute Gasteiger partial charge is 0.342 e. The second-order valence-electron chi connectivity index (χ2n) is 5.86. The van der Waals surface area contributed by atoms with Crippen LogP contribution >= 0.6 is 0 Å². The van der Waals surface area contributed by atoms with Crippen LogP contribution < -0.4 is 5.14 Å². The van der Waals surface area contributed by atoms with Crippen LogP contribution in [0.5, 0.6) is 0 Å². The summed E-state index contributed by atoms with van der Waals surface area (Å²) in [4.78, 5) is 13.6. The first kappa shape index (κ1) is 17.4. The van der Waals surface area contributed by atoms with Crippen LogP contribution in [0.25, 0.3) is 0 Å². The fraction of sp³-hybridized carbons (Fsp3) is 0.929. The first-order valence-corrected chi connectivity index (χ1v) is 9.42. The number of carbonyl (C=O) groups is 1. The van der Waals surface area contributed by atoms with Crippen molar-refractivity contribution in [2.45, 2.75) is 58.3 Å². The van der Waals surface area contributed by atoms with Crippen LogP contribution in [0.4, 0.5) is 0 Å². The van der Waals surface area contributed by atoms with Crippen molar-refractivity contribution in [3.8, 4) is 0 Å². The Hall–Kier alpha value is -0.620. The first-order valence-electron chi connectivity index (χ1n) is 7.70. The molecule has 0 saturated carbocycles. The molecule has 0 aromatic rings. The molecule has 1 heterocycles. The van der Waals surface area contributed by atoms with Gasteiger partial charge in [-0.1, -0.05) is 45.4 Å². The van der Waals surface area contributed by atoms with E-state index in [2.05, 4.69) is 6.92 Å². The van der Waals surface area contributed by atoms with E-state index in [0.29, 0.717) is 13.0 Å². The van der Waals surface area contributed by atoms with Gasteiger partial charge in [-0.3, -0.25) is 4.79 Å². The van der Waals surface area contributed by atoms with Gasteiger partial charge in [0.25, 0.3) is 0 Å². The molecule has 5 nitrogen and oxygen atoms in total. The van der Waals surface area contributed by atoms with E-state index in [4.69, 9.17) is 5.14 Å². The molecule has 0 radical (unpaired) electrons. The van der Waals surface area contributed by atoms with Gasteiger partial charge in [-0.15, -0.1) is 0 Å². The topological polar surface area (TPSA) is 80.5 Å². The highest BCUT2D eigenvalue weighted by atomic mass is 32.2. The van der Waals surface area contributed by atoms with Gasteiger partial charge in [-0.25, -0.2) is 13.6 Å². The third-order valence-corrected chi connectivity index (χ3v) is 4.73. The molecule has 1 amide bonds. The van der Waals surface area contributed by atoms with Gasteiger partial charge in [0.2, 0.25) is 15.9 Å². The third kappa shape index (κ3) is 7.24. The number of likely N-dealkylation sites (tertiary alicyclic amines) is 1. The summed E-state index contributed by atoms with van der Waals surface area (Å²) in [6, 6.07) is 0. The summed E-state index contributed by atoms with van der Waals surface area (Å²) in [7, 11) is -3.47. The Morgan fingerprint density at radius 1 is 1.15 bits per heavy atom. The average Bonchev–Trinajstić information content (AvgIpc) is 2.66. The minimum absolute atomic E-state index is 0.0737. The number of nitrogens with two attached hydrogens (primary N) is 1. The predicted octanol–water partition coefficient (Wildman–Crippen LogP) is 1.87. The lowest BCUT2D eigenvalue weighted by molar-refractivity contribution is -0.127. The molecule has 1 aliphatic rings. The Bertz CT molecular complexity index is 395. The molecular weight excluding hydrogens is 276 g/mol. The maximum atomic E-state index is 11.8. The Balaban J connectivity index is 2.14. The quantitative estimate of drug-likeness (QED) is 0.626. The molecule has 1 fully saturated rings. The molecular formula is C14H28N2O3S. The van der Waals surface area contributed by atoms with Crippen molar-refractivity contribution in [3.63, 3.8) is 0 Å². The molecule has 118 valence electrons. The Morgan fingerprint density at radius 3 is 2.35 bits per heavy atom. The normalized spacial score (nSPS) is 19.8. The summed E-state index contributed by atoms with van der Waals surface area (Å²) in [5.41, 5.74) is 0. The minimum Gasteiger partial charge on any atom is -0.342 e. The molecule has 1 atom stereocenters. The Kier molecular flexibility index (Phi) is 7.51. The SMILES string of the molecule is CCCCCCCCCN1CC(CS(N)(=O)=O)CC1=O. The van der Waals surface area contributed by atoms with Crippen molar-refractivity contribution in [3.05, 3.63) is 0 Å². The molecule has 2 N–H and O–H groups in total. The number of hydrogen-bond donors (Lipinski definition) is 1. The number of sulfonamides is 1. The van der Waals surface area contributed by atoms with Crippen LogP contribution in [0.2, 0.25) is 0 Å². The standard InChI is InChI=1S/C14H28N2O3S/c1-2-3-4-5-6-7-8-9-16-11-13(10-14(16)17)12-20(15,18)19/h13H,2-12H2,1H3,(H2,15,18,19). The zero-order valence-corrected chi connectivity index (χ0v) is 13.3. The number of carbonyl (C=O) groups excluding carboxylic acids is 1. The Labute approximate surface area is 122 Å². The van der Waals surface area contributed by atoms with Crippen LogP contribution in [-0.4, -0.2) is 38.1 Å². The summed E-state index contributed by atoms with van der Waals surface area (Å²) in [5, 5.41) is 5.03. The molecule has 0 aliphatic carbocycles. The van der Waals surface area contributed by atoms with Crippen LogP contribution in [0, 0.1) is 5.92 Å². The predicted molar refractivity (Wildman–Crippen MR) is 80.7 cm³/mol. The van der Waals surface area contributed by atoms with Gasteiger partial charge >= 0.3 is 0 Å². The van der Waals surface area contributed by atoms with Crippen molar-refractivity contribution in [1.29, 1.82) is 0 Å². The summed E-state index contributed by atoms with van der Waals surface area (Å²) < 4.78 is 22.1. The maximum Gasteiger partial charge on any atom is 0.222 e. The lowest BCUT2D eigenvalue weighted by Gasteiger charge is -2.16. The second-order valence-corrected chi connectivity index (χ2v) is 7.52. The fourth-order valence-corrected chi connectivity index (χ4v) is 3.65. The van der Waals surface area contributed by atoms with E-state index in [9.17, 15) is 13.2 Å². The summed E-state index contributed by atoms with van der Waals surface area (Å²) in [6.45, 7) is 3.51. The number of nitrogens with zero attached hydrogens (tertiary/aromatic N) is 1. The van der Waals surface area contributed by atoms with Crippen molar-refractivity contribution in [2.24, 2.45) is 11.1 Å². The third-order valence-electron chi connectivity index (χ3n) is 3.79. The summed E-state index contributed by atoms with van der Waals surface area (Å²) >= 11 is 0. The molecule has 0 bridgehead atoms. The van der Waals surface area contributed by atoms with E-state index in [1.165, 1.54) is 32.1 Å². The van der Waals surface area contributed by atoms with Gasteiger partial charge in [0.1, 0.15) is 0 Å². The van der Waals surface area contributed by atoms with E-state index in [0.717, 1.165) is 19.4 Å². The number of amides is 1. The maximum absolute atomic E-state index is 11.8. The molecule has 1 saturated heterocycles. The molecule has 0 spiro atoms. The number of hydrogen-bond acceptors (Lipinski definition) is 3. The van der Waals surface area contributed by atoms with E-state index in [-0.39, 0.29) is 17.6 Å². The van der Waals surface area contributed by atoms with Gasteiger partial charge in [0.05, 0.1) is 5.75 Å². The smallest absolute Gasteiger partial charge is 0.222 e. The molecule has 20 heavy (non-hydrogen) atoms. The van der Waals surface area contributed by atoms with Crippen LogP contribution in [0.3, 0.4) is 0 Å². The zero-order valence-electron chi connectivity index (χ0n) is 12.5. The highest BCUT2D eigenvalue weighted by Gasteiger charge is 2.31. The van der Waals surface area contributed by atoms with Gasteiger partial charge < -0.3 is 4.90 Å². The fourth-order valence-electron chi connectivity index (χ4n) is 2.77. The van der Waals surface area contributed by atoms with Crippen LogP contribution in [-0.2, 0) is 14.8 Å². The van der Waals surface area contributed by atoms with Gasteiger partial charge in [-0.2, -0.15) is 0 Å². The van der Waals surface area contributed by atoms with Crippen molar-refractivity contribution < 1.29 is 13.2 Å². The van der Waals surface area contributed by atoms with Crippen molar-refractivity contribution in [2.75, 3.05) is 18.8 Å². The van der Waals surface area contributed by atoms with Crippen LogP contribution in [0.1, 0.15) is 58.3 Å². The first-order chi connectivity index (χ1) is 9.42. The number of unbranched alkanes of at least 4 members (excludes halogenated alkanes) is 6. The van der Waals surface area contributed by atoms with Gasteiger partial charge in [0.15, 0.2) is 0 Å². The second kappa shape index (κ2) is 8.62. The van der Waals surface area contributed by atoms with E-state index in [1.54, 1.807) is 4.90 Å². The molecule has 1 aliphatic heterocycles. The van der Waals surface area contributed by atoms with Crippen molar-refractivity contribution in [1.82, 2.24) is 4.90 Å². The van der Waals surface area contributed by atoms with Crippen LogP contribution in [0.15, 0.2) is 0 Å². The van der Waals surface area contributed by atoms with E-state index < -0.39 is 10.0 Å². The highest BCUT2D eigenvalue weighted by Crippen LogP contribution is 2.19. The van der Waals surface area contributed by atoms with E-state index in [1.807, 2.05) is 0 Å². The summed E-state index contributed by atoms with van der Waals surface area (Å²) in [6.07, 6.45) is 8.85. The number of primary sulfonamides is 1. The average molecular weight is 304 g/mol. The van der Waals surface area contributed by atoms with E-state index >= 15 is 0 Å². The summed E-state index contributed by atoms with van der Waals surface area (Å²) in [5.74, 6) is -0.126. The molecule has 1 rings (SSSR count). The molecule has 6 heteroatoms. The number of rotatable bonds is 10. The molecule has 0 aromatic carbocycles. The van der Waals surface area contributed by atoms with Gasteiger partial charge in [0, 0.05) is 25.4 Å². The van der Waals surface area contributed by atoms with Gasteiger partial charge in [-0.05, 0) is 6.42 Å². The molecule has 0 aromatic heterocycles. The highest BCUT2D eigenvalue weighted by molar-refractivity contribution is 7.89. The minimum atomic E-state index is -3.47. The lowest BCUT2D eigenvalue weighted by Crippen LogP contribution is -2.28. The zero-order chi connectivity index (χ0) is 15.0. The monoisotopic (exact) mass is 304 g/mol. The molecule has 1 unspecified atom stereocenters. The van der Waals surface area contributed by atoms with Crippen molar-refractivity contribution >= 4 is 15.9 Å². The lowest BCUT2D eigenvalue weighted by atomic mass is 10.1.